The Morgan fingerprint density at radius 1 is 1.33 bits per heavy atom. The van der Waals surface area contributed by atoms with Gasteiger partial charge < -0.3 is 10.1 Å². The molecule has 2 aromatic rings. The number of halogens is 1. The van der Waals surface area contributed by atoms with Crippen LogP contribution in [0.25, 0.3) is 0 Å². The summed E-state index contributed by atoms with van der Waals surface area (Å²) in [5, 5.41) is 14.5. The lowest BCUT2D eigenvalue weighted by molar-refractivity contribution is -0.121. The lowest BCUT2D eigenvalue weighted by Gasteiger charge is -2.12. The van der Waals surface area contributed by atoms with E-state index >= 15 is 0 Å². The fourth-order valence-corrected chi connectivity index (χ4v) is 2.70. The summed E-state index contributed by atoms with van der Waals surface area (Å²) in [6.45, 7) is 1.79. The Kier molecular flexibility index (Phi) is 6.29. The monoisotopic (exact) mass is 403 g/mol. The fraction of sp³-hybridized carbons (Fsp3) is 0.118. The predicted octanol–water partition coefficient (Wildman–Crippen LogP) is 3.52. The van der Waals surface area contributed by atoms with Crippen LogP contribution in [-0.2, 0) is 4.79 Å². The van der Waals surface area contributed by atoms with Crippen LogP contribution in [0.2, 0.25) is 0 Å². The number of anilines is 1. The van der Waals surface area contributed by atoms with Gasteiger partial charge in [-0.25, -0.2) is 0 Å². The number of benzene rings is 2. The number of ether oxygens (including phenoxy) is 1. The highest BCUT2D eigenvalue weighted by molar-refractivity contribution is 9.10. The molecular formula is C17H14BrN3O2S. The lowest BCUT2D eigenvalue weighted by atomic mass is 10.2. The lowest BCUT2D eigenvalue weighted by Crippen LogP contribution is -2.37. The first-order chi connectivity index (χ1) is 11.5. The van der Waals surface area contributed by atoms with Crippen molar-refractivity contribution in [3.63, 3.8) is 0 Å². The summed E-state index contributed by atoms with van der Waals surface area (Å²) in [4.78, 5) is 11.9. The zero-order chi connectivity index (χ0) is 17.5. The number of nitriles is 1. The molecule has 0 heterocycles. The van der Waals surface area contributed by atoms with Gasteiger partial charge in [-0.3, -0.25) is 10.1 Å². The summed E-state index contributed by atoms with van der Waals surface area (Å²) >= 11 is 8.46. The van der Waals surface area contributed by atoms with Gasteiger partial charge in [0.15, 0.2) is 11.7 Å². The molecule has 0 aliphatic rings. The van der Waals surface area contributed by atoms with Crippen molar-refractivity contribution in [3.8, 4) is 11.8 Å². The molecule has 1 amide bonds. The number of para-hydroxylation sites is 1. The molecule has 2 aromatic carbocycles. The van der Waals surface area contributed by atoms with Crippen LogP contribution < -0.4 is 15.4 Å². The van der Waals surface area contributed by atoms with Gasteiger partial charge in [-0.1, -0.05) is 18.2 Å². The number of amides is 1. The van der Waals surface area contributed by atoms with Crippen LogP contribution in [0.3, 0.4) is 0 Å². The molecular weight excluding hydrogens is 390 g/mol. The van der Waals surface area contributed by atoms with Gasteiger partial charge in [0.05, 0.1) is 15.7 Å². The molecule has 0 saturated carbocycles. The number of nitrogens with zero attached hydrogens (tertiary/aromatic N) is 1. The van der Waals surface area contributed by atoms with Crippen LogP contribution in [0, 0.1) is 18.3 Å². The maximum Gasteiger partial charge on any atom is 0.264 e. The second kappa shape index (κ2) is 8.43. The SMILES string of the molecule is Cc1ccc(OCC(=O)NC(=S)Nc2ccccc2C#N)c(Br)c1. The van der Waals surface area contributed by atoms with E-state index in [4.69, 9.17) is 22.2 Å². The first-order valence-corrected chi connectivity index (χ1v) is 8.18. The molecule has 0 aliphatic heterocycles. The van der Waals surface area contributed by atoms with Gasteiger partial charge >= 0.3 is 0 Å². The minimum atomic E-state index is -0.394. The average Bonchev–Trinajstić information content (AvgIpc) is 2.54. The molecule has 122 valence electrons. The highest BCUT2D eigenvalue weighted by Crippen LogP contribution is 2.25. The summed E-state index contributed by atoms with van der Waals surface area (Å²) in [7, 11) is 0. The third kappa shape index (κ3) is 5.05. The number of hydrogen-bond donors (Lipinski definition) is 2. The van der Waals surface area contributed by atoms with Crippen LogP contribution in [0.5, 0.6) is 5.75 Å². The van der Waals surface area contributed by atoms with Crippen molar-refractivity contribution in [2.45, 2.75) is 6.92 Å². The van der Waals surface area contributed by atoms with Gasteiger partial charge in [-0.2, -0.15) is 5.26 Å². The molecule has 24 heavy (non-hydrogen) atoms. The Hall–Kier alpha value is -2.43. The molecule has 0 aliphatic carbocycles. The second-order valence-electron chi connectivity index (χ2n) is 4.88. The van der Waals surface area contributed by atoms with Crippen molar-refractivity contribution < 1.29 is 9.53 Å². The largest absolute Gasteiger partial charge is 0.483 e. The predicted molar refractivity (Wildman–Crippen MR) is 99.9 cm³/mol. The normalized spacial score (nSPS) is 9.71. The number of thiocarbonyl (C=S) groups is 1. The fourth-order valence-electron chi connectivity index (χ4n) is 1.87. The number of hydrogen-bond acceptors (Lipinski definition) is 4. The molecule has 0 fully saturated rings. The minimum absolute atomic E-state index is 0.106. The standard InChI is InChI=1S/C17H14BrN3O2S/c1-11-6-7-15(13(18)8-11)23-10-16(22)21-17(24)20-14-5-3-2-4-12(14)9-19/h2-8H,10H2,1H3,(H2,20,21,22,24). The summed E-state index contributed by atoms with van der Waals surface area (Å²) < 4.78 is 6.23. The van der Waals surface area contributed by atoms with Crippen molar-refractivity contribution >= 4 is 44.9 Å². The average molecular weight is 404 g/mol. The van der Waals surface area contributed by atoms with E-state index in [-0.39, 0.29) is 11.7 Å². The van der Waals surface area contributed by atoms with E-state index in [9.17, 15) is 4.79 Å². The zero-order valence-electron chi connectivity index (χ0n) is 12.8. The van der Waals surface area contributed by atoms with Gasteiger partial charge in [0, 0.05) is 0 Å². The number of carbonyl (C=O) groups excluding carboxylic acids is 1. The highest BCUT2D eigenvalue weighted by atomic mass is 79.9. The van der Waals surface area contributed by atoms with Crippen molar-refractivity contribution in [2.75, 3.05) is 11.9 Å². The molecule has 0 saturated heterocycles. The van der Waals surface area contributed by atoms with Crippen molar-refractivity contribution in [2.24, 2.45) is 0 Å². The van der Waals surface area contributed by atoms with Crippen molar-refractivity contribution in [3.05, 3.63) is 58.1 Å². The van der Waals surface area contributed by atoms with E-state index in [0.29, 0.717) is 17.0 Å². The molecule has 0 unspecified atom stereocenters. The smallest absolute Gasteiger partial charge is 0.264 e. The maximum absolute atomic E-state index is 11.9. The Bertz CT molecular complexity index is 818. The van der Waals surface area contributed by atoms with Crippen LogP contribution in [-0.4, -0.2) is 17.6 Å². The van der Waals surface area contributed by atoms with Gasteiger partial charge in [0.1, 0.15) is 11.8 Å². The van der Waals surface area contributed by atoms with E-state index in [1.54, 1.807) is 30.3 Å². The third-order valence-corrected chi connectivity index (χ3v) is 3.82. The Labute approximate surface area is 153 Å². The van der Waals surface area contributed by atoms with Crippen molar-refractivity contribution in [1.82, 2.24) is 5.32 Å². The second-order valence-corrected chi connectivity index (χ2v) is 6.14. The minimum Gasteiger partial charge on any atom is -0.483 e. The van der Waals surface area contributed by atoms with Gasteiger partial charge in [0.2, 0.25) is 0 Å². The molecule has 0 spiro atoms. The van der Waals surface area contributed by atoms with Crippen LogP contribution in [0.15, 0.2) is 46.9 Å². The van der Waals surface area contributed by atoms with E-state index in [1.807, 2.05) is 25.1 Å². The number of rotatable bonds is 4. The molecule has 0 atom stereocenters. The first kappa shape index (κ1) is 17.9. The van der Waals surface area contributed by atoms with Gasteiger partial charge in [0.25, 0.3) is 5.91 Å². The van der Waals surface area contributed by atoms with Crippen LogP contribution in [0.1, 0.15) is 11.1 Å². The van der Waals surface area contributed by atoms with Crippen LogP contribution >= 0.6 is 28.1 Å². The molecule has 0 bridgehead atoms. The summed E-state index contributed by atoms with van der Waals surface area (Å²) in [5.41, 5.74) is 2.06. The Balaban J connectivity index is 1.88. The molecule has 2 rings (SSSR count). The van der Waals surface area contributed by atoms with Gasteiger partial charge in [-0.05, 0) is 64.9 Å². The topological polar surface area (TPSA) is 74.2 Å². The maximum atomic E-state index is 11.9. The summed E-state index contributed by atoms with van der Waals surface area (Å²) in [5.74, 6) is 0.180. The molecule has 0 radical (unpaired) electrons. The molecule has 7 heteroatoms. The number of aryl methyl sites for hydroxylation is 1. The van der Waals surface area contributed by atoms with Gasteiger partial charge in [-0.15, -0.1) is 0 Å². The van der Waals surface area contributed by atoms with E-state index in [0.717, 1.165) is 10.0 Å². The number of carbonyl (C=O) groups is 1. The Morgan fingerprint density at radius 3 is 2.79 bits per heavy atom. The molecule has 5 nitrogen and oxygen atoms in total. The van der Waals surface area contributed by atoms with E-state index < -0.39 is 5.91 Å². The number of nitrogens with one attached hydrogen (secondary N) is 2. The van der Waals surface area contributed by atoms with Crippen molar-refractivity contribution in [1.29, 1.82) is 5.26 Å². The quantitative estimate of drug-likeness (QED) is 0.763. The van der Waals surface area contributed by atoms with E-state index in [1.165, 1.54) is 0 Å². The summed E-state index contributed by atoms with van der Waals surface area (Å²) in [6.07, 6.45) is 0. The molecule has 0 aromatic heterocycles. The zero-order valence-corrected chi connectivity index (χ0v) is 15.2. The molecule has 2 N–H and O–H groups in total. The first-order valence-electron chi connectivity index (χ1n) is 6.98. The highest BCUT2D eigenvalue weighted by Gasteiger charge is 2.09. The third-order valence-electron chi connectivity index (χ3n) is 2.99. The van der Waals surface area contributed by atoms with E-state index in [2.05, 4.69) is 26.6 Å². The summed E-state index contributed by atoms with van der Waals surface area (Å²) in [6, 6.07) is 14.5. The Morgan fingerprint density at radius 2 is 2.08 bits per heavy atom. The van der Waals surface area contributed by atoms with Crippen LogP contribution in [0.4, 0.5) is 5.69 Å².